The van der Waals surface area contributed by atoms with Crippen LogP contribution in [0.5, 0.6) is 0 Å². The van der Waals surface area contributed by atoms with Crippen LogP contribution in [0.1, 0.15) is 13.3 Å². The molecule has 0 radical (unpaired) electrons. The van der Waals surface area contributed by atoms with Crippen LogP contribution >= 0.6 is 0 Å². The molecule has 5 heteroatoms. The summed E-state index contributed by atoms with van der Waals surface area (Å²) in [4.78, 5) is 14.1. The summed E-state index contributed by atoms with van der Waals surface area (Å²) in [6.07, 6.45) is 1.00. The Bertz CT molecular complexity index is 266. The Balaban J connectivity index is 1.91. The molecule has 2 saturated heterocycles. The number of carbonyl (C=O) groups excluding carboxylic acids is 1. The first-order chi connectivity index (χ1) is 8.26. The minimum absolute atomic E-state index is 0.0215. The topological polar surface area (TPSA) is 50.8 Å². The summed E-state index contributed by atoms with van der Waals surface area (Å²) in [5.41, 5.74) is 0. The van der Waals surface area contributed by atoms with Gasteiger partial charge in [0.2, 0.25) is 5.91 Å². The van der Waals surface area contributed by atoms with Gasteiger partial charge in [-0.3, -0.25) is 4.79 Å². The highest BCUT2D eigenvalue weighted by atomic mass is 16.5. The van der Waals surface area contributed by atoms with Crippen LogP contribution in [-0.4, -0.2) is 62.9 Å². The number of nitrogens with zero attached hydrogens (tertiary/aromatic N) is 1. The number of carbonyl (C=O) groups is 1. The van der Waals surface area contributed by atoms with Gasteiger partial charge in [-0.25, -0.2) is 0 Å². The lowest BCUT2D eigenvalue weighted by molar-refractivity contribution is -0.134. The maximum Gasteiger partial charge on any atom is 0.227 e. The zero-order valence-corrected chi connectivity index (χ0v) is 10.6. The predicted octanol–water partition coefficient (Wildman–Crippen LogP) is -0.142. The zero-order valence-electron chi connectivity index (χ0n) is 10.6. The molecule has 98 valence electrons. The molecule has 0 spiro atoms. The van der Waals surface area contributed by atoms with Crippen LogP contribution in [0.25, 0.3) is 0 Å². The number of nitrogens with one attached hydrogen (secondary N) is 1. The molecular weight excluding hydrogens is 220 g/mol. The van der Waals surface area contributed by atoms with E-state index in [1.54, 1.807) is 7.11 Å². The number of amides is 1. The van der Waals surface area contributed by atoms with Crippen molar-refractivity contribution in [1.29, 1.82) is 0 Å². The van der Waals surface area contributed by atoms with Gasteiger partial charge in [0.05, 0.1) is 5.92 Å². The van der Waals surface area contributed by atoms with Gasteiger partial charge < -0.3 is 19.7 Å². The second kappa shape index (κ2) is 5.80. The van der Waals surface area contributed by atoms with Gasteiger partial charge >= 0.3 is 0 Å². The molecule has 2 aliphatic rings. The van der Waals surface area contributed by atoms with E-state index < -0.39 is 0 Å². The number of likely N-dealkylation sites (tertiary alicyclic amines) is 1. The molecule has 0 aromatic carbocycles. The first kappa shape index (κ1) is 12.8. The van der Waals surface area contributed by atoms with E-state index in [-0.39, 0.29) is 24.0 Å². The summed E-state index contributed by atoms with van der Waals surface area (Å²) >= 11 is 0. The van der Waals surface area contributed by atoms with E-state index in [1.165, 1.54) is 0 Å². The quantitative estimate of drug-likeness (QED) is 0.745. The number of methoxy groups -OCH3 is 1. The largest absolute Gasteiger partial charge is 0.377 e. The summed E-state index contributed by atoms with van der Waals surface area (Å²) in [5, 5.41) is 3.23. The molecule has 3 unspecified atom stereocenters. The first-order valence-corrected chi connectivity index (χ1v) is 6.40. The predicted molar refractivity (Wildman–Crippen MR) is 63.8 cm³/mol. The highest BCUT2D eigenvalue weighted by Gasteiger charge is 2.38. The fourth-order valence-electron chi connectivity index (χ4n) is 2.65. The molecule has 1 N–H and O–H groups in total. The van der Waals surface area contributed by atoms with Crippen molar-refractivity contribution in [3.05, 3.63) is 0 Å². The maximum atomic E-state index is 12.2. The highest BCUT2D eigenvalue weighted by Crippen LogP contribution is 2.20. The molecule has 2 aliphatic heterocycles. The Labute approximate surface area is 102 Å². The van der Waals surface area contributed by atoms with Gasteiger partial charge in [-0.1, -0.05) is 0 Å². The molecule has 0 aromatic heterocycles. The molecule has 0 saturated carbocycles. The van der Waals surface area contributed by atoms with Crippen molar-refractivity contribution in [2.24, 2.45) is 5.92 Å². The molecule has 3 atom stereocenters. The summed E-state index contributed by atoms with van der Waals surface area (Å²) in [5.74, 6) is 0.395. The van der Waals surface area contributed by atoms with Gasteiger partial charge in [0.1, 0.15) is 12.2 Å². The van der Waals surface area contributed by atoms with Crippen LogP contribution in [0.15, 0.2) is 0 Å². The van der Waals surface area contributed by atoms with E-state index in [0.29, 0.717) is 19.7 Å². The van der Waals surface area contributed by atoms with Gasteiger partial charge in [-0.05, 0) is 19.9 Å². The number of hydrogen-bond acceptors (Lipinski definition) is 4. The summed E-state index contributed by atoms with van der Waals surface area (Å²) in [7, 11) is 1.68. The smallest absolute Gasteiger partial charge is 0.227 e. The molecule has 2 heterocycles. The van der Waals surface area contributed by atoms with Crippen molar-refractivity contribution < 1.29 is 14.3 Å². The molecular formula is C12H22N2O3. The van der Waals surface area contributed by atoms with Crippen LogP contribution in [0, 0.1) is 5.92 Å². The second-order valence-electron chi connectivity index (χ2n) is 4.70. The lowest BCUT2D eigenvalue weighted by Crippen LogP contribution is -2.36. The standard InChI is InChI=1S/C12H22N2O3/c1-3-17-11-8-14(7-10(11)16-2)12(15)9-4-5-13-6-9/h9-11,13H,3-8H2,1-2H3. The molecule has 2 fully saturated rings. The van der Waals surface area contributed by atoms with Gasteiger partial charge in [0.15, 0.2) is 0 Å². The van der Waals surface area contributed by atoms with Gasteiger partial charge in [-0.15, -0.1) is 0 Å². The Kier molecular flexibility index (Phi) is 4.36. The van der Waals surface area contributed by atoms with Crippen LogP contribution in [0.2, 0.25) is 0 Å². The van der Waals surface area contributed by atoms with Gasteiger partial charge in [0, 0.05) is 33.4 Å². The highest BCUT2D eigenvalue weighted by molar-refractivity contribution is 5.79. The Morgan fingerprint density at radius 1 is 1.41 bits per heavy atom. The van der Waals surface area contributed by atoms with Crippen molar-refractivity contribution in [2.75, 3.05) is 39.9 Å². The average molecular weight is 242 g/mol. The third-order valence-corrected chi connectivity index (χ3v) is 3.62. The van der Waals surface area contributed by atoms with Crippen molar-refractivity contribution >= 4 is 5.91 Å². The first-order valence-electron chi connectivity index (χ1n) is 6.40. The molecule has 5 nitrogen and oxygen atoms in total. The molecule has 0 aromatic rings. The molecule has 2 rings (SSSR count). The Morgan fingerprint density at radius 2 is 2.18 bits per heavy atom. The molecule has 0 aliphatic carbocycles. The van der Waals surface area contributed by atoms with Crippen molar-refractivity contribution in [2.45, 2.75) is 25.6 Å². The van der Waals surface area contributed by atoms with E-state index in [2.05, 4.69) is 5.32 Å². The van der Waals surface area contributed by atoms with Gasteiger partial charge in [0.25, 0.3) is 0 Å². The fraction of sp³-hybridized carbons (Fsp3) is 0.917. The van der Waals surface area contributed by atoms with Crippen molar-refractivity contribution in [3.63, 3.8) is 0 Å². The van der Waals surface area contributed by atoms with E-state index in [4.69, 9.17) is 9.47 Å². The molecule has 0 bridgehead atoms. The van der Waals surface area contributed by atoms with Crippen LogP contribution < -0.4 is 5.32 Å². The second-order valence-corrected chi connectivity index (χ2v) is 4.70. The maximum absolute atomic E-state index is 12.2. The summed E-state index contributed by atoms with van der Waals surface area (Å²) in [6, 6.07) is 0. The third-order valence-electron chi connectivity index (χ3n) is 3.62. The summed E-state index contributed by atoms with van der Waals surface area (Å²) < 4.78 is 11.0. The number of rotatable bonds is 4. The molecule has 17 heavy (non-hydrogen) atoms. The fourth-order valence-corrected chi connectivity index (χ4v) is 2.65. The van der Waals surface area contributed by atoms with Crippen molar-refractivity contribution in [1.82, 2.24) is 10.2 Å². The van der Waals surface area contributed by atoms with Crippen LogP contribution in [0.3, 0.4) is 0 Å². The van der Waals surface area contributed by atoms with E-state index >= 15 is 0 Å². The third kappa shape index (κ3) is 2.78. The van der Waals surface area contributed by atoms with E-state index in [0.717, 1.165) is 19.5 Å². The molecule has 1 amide bonds. The minimum atomic E-state index is 0.0215. The monoisotopic (exact) mass is 242 g/mol. The Hall–Kier alpha value is -0.650. The SMILES string of the molecule is CCOC1CN(C(=O)C2CCNC2)CC1OC. The lowest BCUT2D eigenvalue weighted by Gasteiger charge is -2.19. The number of ether oxygens (including phenoxy) is 2. The van der Waals surface area contributed by atoms with Crippen molar-refractivity contribution in [3.8, 4) is 0 Å². The lowest BCUT2D eigenvalue weighted by atomic mass is 10.1. The van der Waals surface area contributed by atoms with E-state index in [9.17, 15) is 4.79 Å². The summed E-state index contributed by atoms with van der Waals surface area (Å²) in [6.45, 7) is 5.73. The normalized spacial score (nSPS) is 33.3. The van der Waals surface area contributed by atoms with Gasteiger partial charge in [-0.2, -0.15) is 0 Å². The number of hydrogen-bond donors (Lipinski definition) is 1. The Morgan fingerprint density at radius 3 is 2.76 bits per heavy atom. The van der Waals surface area contributed by atoms with E-state index in [1.807, 2.05) is 11.8 Å². The zero-order chi connectivity index (χ0) is 12.3. The van der Waals surface area contributed by atoms with Crippen LogP contribution in [-0.2, 0) is 14.3 Å². The minimum Gasteiger partial charge on any atom is -0.377 e. The average Bonchev–Trinajstić information content (AvgIpc) is 2.97. The van der Waals surface area contributed by atoms with Crippen LogP contribution in [0.4, 0.5) is 0 Å².